The Morgan fingerprint density at radius 1 is 1.15 bits per heavy atom. The van der Waals surface area contributed by atoms with Gasteiger partial charge in [-0.2, -0.15) is 11.8 Å². The minimum atomic E-state index is 0.0352. The fourth-order valence-electron chi connectivity index (χ4n) is 3.61. The maximum Gasteiger partial charge on any atom is 0.234 e. The van der Waals surface area contributed by atoms with Gasteiger partial charge in [0.05, 0.1) is 12.5 Å². The maximum absolute atomic E-state index is 12.7. The fourth-order valence-corrected chi connectivity index (χ4v) is 4.51. The second-order valence-electron chi connectivity index (χ2n) is 7.27. The standard InChI is InChI=1S/C20H29N3O2S/c1-16-4-6-17(7-5-16)13-21-19(24)15-22-8-2-3-18(14-22)20(25)23-9-11-26-12-10-23/h4-7,18H,2-3,8-15H2,1H3,(H,21,24). The molecule has 0 spiro atoms. The number of hydrogen-bond acceptors (Lipinski definition) is 4. The summed E-state index contributed by atoms with van der Waals surface area (Å²) in [5.74, 6) is 2.47. The molecule has 2 aliphatic rings. The minimum absolute atomic E-state index is 0.0352. The van der Waals surface area contributed by atoms with Crippen LogP contribution in [0.4, 0.5) is 0 Å². The van der Waals surface area contributed by atoms with Gasteiger partial charge in [-0.3, -0.25) is 14.5 Å². The van der Waals surface area contributed by atoms with E-state index in [2.05, 4.69) is 29.3 Å². The van der Waals surface area contributed by atoms with Crippen LogP contribution in [0.2, 0.25) is 0 Å². The Morgan fingerprint density at radius 2 is 1.88 bits per heavy atom. The van der Waals surface area contributed by atoms with Gasteiger partial charge in [-0.25, -0.2) is 0 Å². The summed E-state index contributed by atoms with van der Waals surface area (Å²) < 4.78 is 0. The lowest BCUT2D eigenvalue weighted by molar-refractivity contribution is -0.137. The number of piperidine rings is 1. The molecule has 6 heteroatoms. The first kappa shape index (κ1) is 19.2. The van der Waals surface area contributed by atoms with Gasteiger partial charge in [0.15, 0.2) is 0 Å². The first-order valence-electron chi connectivity index (χ1n) is 9.53. The Morgan fingerprint density at radius 3 is 2.62 bits per heavy atom. The van der Waals surface area contributed by atoms with Crippen molar-refractivity contribution >= 4 is 23.6 Å². The number of nitrogens with zero attached hydrogens (tertiary/aromatic N) is 2. The Bertz CT molecular complexity index is 614. The molecule has 2 saturated heterocycles. The van der Waals surface area contributed by atoms with Crippen molar-refractivity contribution in [1.82, 2.24) is 15.1 Å². The van der Waals surface area contributed by atoms with Gasteiger partial charge in [-0.1, -0.05) is 29.8 Å². The van der Waals surface area contributed by atoms with Gasteiger partial charge in [0.1, 0.15) is 0 Å². The van der Waals surface area contributed by atoms with Gasteiger partial charge < -0.3 is 10.2 Å². The molecule has 5 nitrogen and oxygen atoms in total. The van der Waals surface area contributed by atoms with Crippen LogP contribution in [0.3, 0.4) is 0 Å². The molecule has 0 saturated carbocycles. The molecule has 2 fully saturated rings. The molecule has 1 unspecified atom stereocenters. The van der Waals surface area contributed by atoms with Crippen LogP contribution >= 0.6 is 11.8 Å². The fraction of sp³-hybridized carbons (Fsp3) is 0.600. The van der Waals surface area contributed by atoms with Crippen molar-refractivity contribution in [2.45, 2.75) is 26.3 Å². The molecule has 26 heavy (non-hydrogen) atoms. The summed E-state index contributed by atoms with van der Waals surface area (Å²) in [4.78, 5) is 29.1. The molecule has 1 aromatic carbocycles. The van der Waals surface area contributed by atoms with E-state index in [-0.39, 0.29) is 17.7 Å². The molecule has 142 valence electrons. The molecule has 0 aromatic heterocycles. The van der Waals surface area contributed by atoms with Crippen LogP contribution < -0.4 is 5.32 Å². The van der Waals surface area contributed by atoms with Crippen LogP contribution in [0.25, 0.3) is 0 Å². The van der Waals surface area contributed by atoms with Gasteiger partial charge in [-0.05, 0) is 31.9 Å². The van der Waals surface area contributed by atoms with E-state index in [0.717, 1.165) is 49.5 Å². The minimum Gasteiger partial charge on any atom is -0.351 e. The van der Waals surface area contributed by atoms with Gasteiger partial charge in [0.25, 0.3) is 0 Å². The zero-order valence-electron chi connectivity index (χ0n) is 15.6. The lowest BCUT2D eigenvalue weighted by Gasteiger charge is -2.35. The molecule has 2 heterocycles. The van der Waals surface area contributed by atoms with Crippen molar-refractivity contribution in [3.05, 3.63) is 35.4 Å². The second kappa shape index (κ2) is 9.42. The summed E-state index contributed by atoms with van der Waals surface area (Å²) in [6.07, 6.45) is 1.94. The van der Waals surface area contributed by atoms with Crippen LogP contribution in [-0.4, -0.2) is 65.8 Å². The SMILES string of the molecule is Cc1ccc(CNC(=O)CN2CCCC(C(=O)N3CCSCC3)C2)cc1. The van der Waals surface area contributed by atoms with Gasteiger partial charge in [0.2, 0.25) is 11.8 Å². The second-order valence-corrected chi connectivity index (χ2v) is 8.50. The number of thioether (sulfide) groups is 1. The highest BCUT2D eigenvalue weighted by molar-refractivity contribution is 7.99. The van der Waals surface area contributed by atoms with E-state index in [0.29, 0.717) is 19.6 Å². The Labute approximate surface area is 160 Å². The molecule has 2 aliphatic heterocycles. The molecule has 0 radical (unpaired) electrons. The van der Waals surface area contributed by atoms with E-state index in [1.165, 1.54) is 5.56 Å². The van der Waals surface area contributed by atoms with E-state index in [1.54, 1.807) is 0 Å². The predicted molar refractivity (Wildman–Crippen MR) is 106 cm³/mol. The quantitative estimate of drug-likeness (QED) is 0.854. The van der Waals surface area contributed by atoms with E-state index in [1.807, 2.05) is 28.8 Å². The first-order valence-corrected chi connectivity index (χ1v) is 10.7. The zero-order valence-corrected chi connectivity index (χ0v) is 16.4. The predicted octanol–water partition coefficient (Wildman–Crippen LogP) is 1.90. The average molecular weight is 376 g/mol. The van der Waals surface area contributed by atoms with Crippen LogP contribution in [0.15, 0.2) is 24.3 Å². The van der Waals surface area contributed by atoms with Crippen molar-refractivity contribution in [1.29, 1.82) is 0 Å². The molecular formula is C20H29N3O2S. The normalized spacial score (nSPS) is 21.4. The molecular weight excluding hydrogens is 346 g/mol. The summed E-state index contributed by atoms with van der Waals surface area (Å²) in [6.45, 7) is 6.34. The number of hydrogen-bond donors (Lipinski definition) is 1. The zero-order chi connectivity index (χ0) is 18.4. The van der Waals surface area contributed by atoms with Crippen LogP contribution in [0.5, 0.6) is 0 Å². The monoisotopic (exact) mass is 375 g/mol. The molecule has 0 aliphatic carbocycles. The third-order valence-corrected chi connectivity index (χ3v) is 6.10. The Balaban J connectivity index is 1.44. The highest BCUT2D eigenvalue weighted by atomic mass is 32.2. The van der Waals surface area contributed by atoms with Crippen molar-refractivity contribution < 1.29 is 9.59 Å². The van der Waals surface area contributed by atoms with E-state index in [4.69, 9.17) is 0 Å². The van der Waals surface area contributed by atoms with Crippen molar-refractivity contribution in [2.75, 3.05) is 44.2 Å². The topological polar surface area (TPSA) is 52.7 Å². The average Bonchev–Trinajstić information content (AvgIpc) is 2.68. The molecule has 1 atom stereocenters. The highest BCUT2D eigenvalue weighted by Gasteiger charge is 2.30. The van der Waals surface area contributed by atoms with E-state index < -0.39 is 0 Å². The van der Waals surface area contributed by atoms with Crippen molar-refractivity contribution in [3.63, 3.8) is 0 Å². The first-order chi connectivity index (χ1) is 12.6. The highest BCUT2D eigenvalue weighted by Crippen LogP contribution is 2.20. The smallest absolute Gasteiger partial charge is 0.234 e. The number of carbonyl (C=O) groups excluding carboxylic acids is 2. The Hall–Kier alpha value is -1.53. The summed E-state index contributed by atoms with van der Waals surface area (Å²) >= 11 is 1.92. The maximum atomic E-state index is 12.7. The van der Waals surface area contributed by atoms with Gasteiger partial charge >= 0.3 is 0 Å². The third kappa shape index (κ3) is 5.48. The molecule has 2 amide bonds. The van der Waals surface area contributed by atoms with Crippen LogP contribution in [0.1, 0.15) is 24.0 Å². The van der Waals surface area contributed by atoms with E-state index in [9.17, 15) is 9.59 Å². The van der Waals surface area contributed by atoms with E-state index >= 15 is 0 Å². The molecule has 1 N–H and O–H groups in total. The number of aryl methyl sites for hydroxylation is 1. The lowest BCUT2D eigenvalue weighted by atomic mass is 9.96. The largest absolute Gasteiger partial charge is 0.351 e. The number of nitrogens with one attached hydrogen (secondary N) is 1. The number of likely N-dealkylation sites (tertiary alicyclic amines) is 1. The number of rotatable bonds is 5. The van der Waals surface area contributed by atoms with Crippen LogP contribution in [-0.2, 0) is 16.1 Å². The molecule has 0 bridgehead atoms. The number of amides is 2. The summed E-state index contributed by atoms with van der Waals surface area (Å²) in [5, 5.41) is 2.99. The molecule has 3 rings (SSSR count). The summed E-state index contributed by atoms with van der Waals surface area (Å²) in [6, 6.07) is 8.20. The number of benzene rings is 1. The molecule has 1 aromatic rings. The third-order valence-electron chi connectivity index (χ3n) is 5.16. The lowest BCUT2D eigenvalue weighted by Crippen LogP contribution is -2.49. The summed E-state index contributed by atoms with van der Waals surface area (Å²) in [7, 11) is 0. The Kier molecular flexibility index (Phi) is 6.97. The van der Waals surface area contributed by atoms with Crippen molar-refractivity contribution in [2.24, 2.45) is 5.92 Å². The number of carbonyl (C=O) groups is 2. The summed E-state index contributed by atoms with van der Waals surface area (Å²) in [5.41, 5.74) is 2.33. The van der Waals surface area contributed by atoms with Crippen LogP contribution in [0, 0.1) is 12.8 Å². The van der Waals surface area contributed by atoms with Gasteiger partial charge in [0, 0.05) is 37.7 Å². The van der Waals surface area contributed by atoms with Crippen molar-refractivity contribution in [3.8, 4) is 0 Å². The van der Waals surface area contributed by atoms with Gasteiger partial charge in [-0.15, -0.1) is 0 Å².